The van der Waals surface area contributed by atoms with Gasteiger partial charge in [0.05, 0.1) is 12.7 Å². The second-order valence-electron chi connectivity index (χ2n) is 6.20. The summed E-state index contributed by atoms with van der Waals surface area (Å²) in [6.07, 6.45) is 2.34. The van der Waals surface area contributed by atoms with Crippen LogP contribution in [0.5, 0.6) is 0 Å². The summed E-state index contributed by atoms with van der Waals surface area (Å²) in [6.45, 7) is 3.87. The summed E-state index contributed by atoms with van der Waals surface area (Å²) in [5.74, 6) is -0.336. The van der Waals surface area contributed by atoms with Gasteiger partial charge in [0.2, 0.25) is 5.91 Å². The van der Waals surface area contributed by atoms with Crippen molar-refractivity contribution in [1.82, 2.24) is 5.32 Å². The number of halogens is 1. The topological polar surface area (TPSA) is 42.2 Å². The van der Waals surface area contributed by atoms with Crippen LogP contribution in [0.3, 0.4) is 0 Å². The summed E-state index contributed by atoms with van der Waals surface area (Å²) in [5, 5.41) is 3.88. The molecule has 24 heavy (non-hydrogen) atoms. The minimum Gasteiger partial charge on any atom is -0.464 e. The summed E-state index contributed by atoms with van der Waals surface area (Å²) >= 11 is 0. The van der Waals surface area contributed by atoms with Crippen LogP contribution >= 0.6 is 0 Å². The van der Waals surface area contributed by atoms with Crippen molar-refractivity contribution in [2.24, 2.45) is 0 Å². The highest BCUT2D eigenvalue weighted by atomic mass is 19.1. The molecular formula is C20H20FNO2. The average molecular weight is 325 g/mol. The molecule has 124 valence electrons. The lowest BCUT2D eigenvalue weighted by molar-refractivity contribution is -0.121. The van der Waals surface area contributed by atoms with E-state index < -0.39 is 0 Å². The Morgan fingerprint density at radius 3 is 2.79 bits per heavy atom. The minimum atomic E-state index is -0.241. The van der Waals surface area contributed by atoms with Gasteiger partial charge in [-0.05, 0) is 43.5 Å². The van der Waals surface area contributed by atoms with E-state index in [0.717, 1.165) is 22.1 Å². The number of hydrogen-bond donors (Lipinski definition) is 1. The van der Waals surface area contributed by atoms with E-state index in [4.69, 9.17) is 4.42 Å². The van der Waals surface area contributed by atoms with Crippen molar-refractivity contribution in [2.45, 2.75) is 32.7 Å². The van der Waals surface area contributed by atoms with Gasteiger partial charge in [0.1, 0.15) is 11.4 Å². The third kappa shape index (κ3) is 3.65. The zero-order valence-corrected chi connectivity index (χ0v) is 13.8. The molecule has 2 aromatic carbocycles. The van der Waals surface area contributed by atoms with Crippen molar-refractivity contribution in [3.63, 3.8) is 0 Å². The van der Waals surface area contributed by atoms with Crippen molar-refractivity contribution < 1.29 is 13.6 Å². The number of nitrogens with one attached hydrogen (secondary N) is 1. The number of rotatable bonds is 5. The molecule has 1 heterocycles. The lowest BCUT2D eigenvalue weighted by Crippen LogP contribution is -2.35. The van der Waals surface area contributed by atoms with Gasteiger partial charge in [-0.1, -0.05) is 30.3 Å². The van der Waals surface area contributed by atoms with E-state index in [2.05, 4.69) is 5.32 Å². The van der Waals surface area contributed by atoms with Crippen molar-refractivity contribution in [1.29, 1.82) is 0 Å². The molecule has 0 fully saturated rings. The Morgan fingerprint density at radius 1 is 1.21 bits per heavy atom. The quantitative estimate of drug-likeness (QED) is 0.765. The first kappa shape index (κ1) is 16.2. The molecule has 4 heteroatoms. The van der Waals surface area contributed by atoms with E-state index in [1.807, 2.05) is 32.0 Å². The lowest BCUT2D eigenvalue weighted by atomic mass is 10.1. The number of carbonyl (C=O) groups excluding carboxylic acids is 1. The summed E-state index contributed by atoms with van der Waals surface area (Å²) in [5.41, 5.74) is 3.37. The summed E-state index contributed by atoms with van der Waals surface area (Å²) in [4.78, 5) is 12.3. The summed E-state index contributed by atoms with van der Waals surface area (Å²) in [7, 11) is 0. The van der Waals surface area contributed by atoms with Crippen LogP contribution < -0.4 is 5.32 Å². The maximum absolute atomic E-state index is 13.7. The predicted octanol–water partition coefficient (Wildman–Crippen LogP) is 4.17. The fourth-order valence-corrected chi connectivity index (χ4v) is 2.87. The Bertz CT molecular complexity index is 869. The Balaban J connectivity index is 1.63. The van der Waals surface area contributed by atoms with Crippen LogP contribution in [-0.4, -0.2) is 11.9 Å². The van der Waals surface area contributed by atoms with Crippen LogP contribution in [-0.2, 0) is 17.6 Å². The molecule has 1 unspecified atom stereocenters. The van der Waals surface area contributed by atoms with Gasteiger partial charge in [0.15, 0.2) is 0 Å². The number of fused-ring (bicyclic) bond motifs is 1. The minimum absolute atomic E-state index is 0.0953. The molecule has 3 aromatic rings. The third-order valence-corrected chi connectivity index (χ3v) is 4.05. The maximum Gasteiger partial charge on any atom is 0.224 e. The van der Waals surface area contributed by atoms with Crippen LogP contribution in [0.4, 0.5) is 4.39 Å². The fourth-order valence-electron chi connectivity index (χ4n) is 2.87. The first-order chi connectivity index (χ1) is 11.5. The number of furan rings is 1. The normalized spacial score (nSPS) is 12.3. The first-order valence-corrected chi connectivity index (χ1v) is 8.02. The number of carbonyl (C=O) groups is 1. The molecule has 1 aromatic heterocycles. The molecule has 0 spiro atoms. The van der Waals surface area contributed by atoms with Crippen LogP contribution in [0.2, 0.25) is 0 Å². The molecule has 3 rings (SSSR count). The van der Waals surface area contributed by atoms with E-state index >= 15 is 0 Å². The molecule has 1 N–H and O–H groups in total. The highest BCUT2D eigenvalue weighted by Gasteiger charge is 2.14. The van der Waals surface area contributed by atoms with Crippen LogP contribution in [0.25, 0.3) is 11.0 Å². The standard InChI is InChI=1S/C20H20FNO2/c1-13-7-8-17-16(12-24-19(17)9-13)11-20(23)22-14(2)10-15-5-3-4-6-18(15)21/h3-9,12,14H,10-11H2,1-2H3,(H,22,23). The van der Waals surface area contributed by atoms with Gasteiger partial charge in [0.25, 0.3) is 0 Å². The van der Waals surface area contributed by atoms with Crippen molar-refractivity contribution in [3.8, 4) is 0 Å². The summed E-state index contributed by atoms with van der Waals surface area (Å²) < 4.78 is 19.2. The molecular weight excluding hydrogens is 305 g/mol. The molecule has 0 bridgehead atoms. The average Bonchev–Trinajstić information content (AvgIpc) is 2.91. The zero-order valence-electron chi connectivity index (χ0n) is 13.8. The molecule has 0 aliphatic heterocycles. The number of aryl methyl sites for hydroxylation is 1. The SMILES string of the molecule is Cc1ccc2c(CC(=O)NC(C)Cc3ccccc3F)coc2c1. The predicted molar refractivity (Wildman–Crippen MR) is 92.4 cm³/mol. The van der Waals surface area contributed by atoms with Gasteiger partial charge in [0, 0.05) is 17.0 Å². The third-order valence-electron chi connectivity index (χ3n) is 4.05. The van der Waals surface area contributed by atoms with E-state index in [0.29, 0.717) is 12.0 Å². The van der Waals surface area contributed by atoms with Crippen molar-refractivity contribution in [3.05, 3.63) is 71.2 Å². The Morgan fingerprint density at radius 2 is 2.00 bits per heavy atom. The van der Waals surface area contributed by atoms with E-state index in [-0.39, 0.29) is 24.2 Å². The van der Waals surface area contributed by atoms with Crippen LogP contribution in [0.15, 0.2) is 53.1 Å². The number of hydrogen-bond acceptors (Lipinski definition) is 2. The smallest absolute Gasteiger partial charge is 0.224 e. The number of amides is 1. The van der Waals surface area contributed by atoms with Crippen molar-refractivity contribution >= 4 is 16.9 Å². The van der Waals surface area contributed by atoms with Gasteiger partial charge in [-0.25, -0.2) is 4.39 Å². The Kier molecular flexibility index (Phi) is 4.65. The first-order valence-electron chi connectivity index (χ1n) is 8.02. The zero-order chi connectivity index (χ0) is 17.1. The Hall–Kier alpha value is -2.62. The monoisotopic (exact) mass is 325 g/mol. The van der Waals surface area contributed by atoms with Gasteiger partial charge < -0.3 is 9.73 Å². The van der Waals surface area contributed by atoms with E-state index in [9.17, 15) is 9.18 Å². The molecule has 0 radical (unpaired) electrons. The molecule has 1 atom stereocenters. The number of benzene rings is 2. The lowest BCUT2D eigenvalue weighted by Gasteiger charge is -2.14. The fraction of sp³-hybridized carbons (Fsp3) is 0.250. The second kappa shape index (κ2) is 6.87. The molecule has 0 aliphatic carbocycles. The van der Waals surface area contributed by atoms with E-state index in [1.165, 1.54) is 6.07 Å². The molecule has 0 aliphatic rings. The molecule has 1 amide bonds. The molecule has 0 saturated carbocycles. The van der Waals surface area contributed by atoms with Gasteiger partial charge in [-0.15, -0.1) is 0 Å². The van der Waals surface area contributed by atoms with Gasteiger partial charge in [-0.3, -0.25) is 4.79 Å². The Labute approximate surface area is 140 Å². The van der Waals surface area contributed by atoms with Gasteiger partial charge >= 0.3 is 0 Å². The maximum atomic E-state index is 13.7. The second-order valence-corrected chi connectivity index (χ2v) is 6.20. The van der Waals surface area contributed by atoms with Gasteiger partial charge in [-0.2, -0.15) is 0 Å². The highest BCUT2D eigenvalue weighted by molar-refractivity contribution is 5.88. The van der Waals surface area contributed by atoms with E-state index in [1.54, 1.807) is 24.5 Å². The molecule has 3 nitrogen and oxygen atoms in total. The largest absolute Gasteiger partial charge is 0.464 e. The molecule has 0 saturated heterocycles. The highest BCUT2D eigenvalue weighted by Crippen LogP contribution is 2.22. The van der Waals surface area contributed by atoms with Crippen LogP contribution in [0.1, 0.15) is 23.6 Å². The van der Waals surface area contributed by atoms with Crippen LogP contribution in [0, 0.1) is 12.7 Å². The summed E-state index contributed by atoms with van der Waals surface area (Å²) in [6, 6.07) is 12.4. The van der Waals surface area contributed by atoms with Crippen molar-refractivity contribution in [2.75, 3.05) is 0 Å².